The maximum atomic E-state index is 13.3. The van der Waals surface area contributed by atoms with Crippen molar-refractivity contribution in [1.29, 1.82) is 0 Å². The number of hydrogen-bond donors (Lipinski definition) is 1. The molecule has 1 aromatic heterocycles. The minimum Gasteiger partial charge on any atom is -0.370 e. The van der Waals surface area contributed by atoms with Crippen LogP contribution in [0.5, 0.6) is 0 Å². The molecule has 7 heteroatoms. The minimum atomic E-state index is -0.416. The Hall–Kier alpha value is -2.70. The van der Waals surface area contributed by atoms with E-state index in [2.05, 4.69) is 15.3 Å². The molecule has 1 fully saturated rings. The van der Waals surface area contributed by atoms with E-state index >= 15 is 0 Å². The lowest BCUT2D eigenvalue weighted by Gasteiger charge is -2.18. The highest BCUT2D eigenvalue weighted by molar-refractivity contribution is 5.95. The molecule has 0 bridgehead atoms. The Bertz CT molecular complexity index is 849. The fraction of sp³-hybridized carbons (Fsp3) is 0.389. The van der Waals surface area contributed by atoms with Gasteiger partial charge in [-0.25, -0.2) is 9.07 Å². The topological polar surface area (TPSA) is 67.2 Å². The maximum absolute atomic E-state index is 13.3. The number of hydrogen-bond acceptors (Lipinski definition) is 4. The zero-order valence-electron chi connectivity index (χ0n) is 14.3. The number of carbonyl (C=O) groups excluding carboxylic acids is 1. The lowest BCUT2D eigenvalue weighted by Crippen LogP contribution is -2.31. The van der Waals surface area contributed by atoms with Crippen LogP contribution in [0.3, 0.4) is 0 Å². The quantitative estimate of drug-likeness (QED) is 0.912. The van der Waals surface area contributed by atoms with E-state index in [9.17, 15) is 14.0 Å². The predicted octanol–water partition coefficient (Wildman–Crippen LogP) is 1.48. The van der Waals surface area contributed by atoms with Gasteiger partial charge in [-0.3, -0.25) is 9.59 Å². The molecule has 6 nitrogen and oxygen atoms in total. The number of aromatic nitrogens is 2. The van der Waals surface area contributed by atoms with Crippen molar-refractivity contribution in [2.45, 2.75) is 13.3 Å². The summed E-state index contributed by atoms with van der Waals surface area (Å²) in [5.41, 5.74) is 1.78. The van der Waals surface area contributed by atoms with Gasteiger partial charge in [-0.05, 0) is 37.0 Å². The summed E-state index contributed by atoms with van der Waals surface area (Å²) in [4.78, 5) is 26.1. The van der Waals surface area contributed by atoms with Gasteiger partial charge in [0, 0.05) is 38.3 Å². The molecule has 132 valence electrons. The Morgan fingerprint density at radius 2 is 2.20 bits per heavy atom. The van der Waals surface area contributed by atoms with E-state index in [0.717, 1.165) is 30.8 Å². The van der Waals surface area contributed by atoms with Gasteiger partial charge < -0.3 is 10.2 Å². The molecule has 0 unspecified atom stereocenters. The second-order valence-corrected chi connectivity index (χ2v) is 6.45. The molecule has 0 radical (unpaired) electrons. The molecule has 0 aliphatic carbocycles. The van der Waals surface area contributed by atoms with Crippen LogP contribution < -0.4 is 15.8 Å². The average molecular weight is 344 g/mol. The SMILES string of the molecule is Cc1ccc(F)cc1C(=O)NC[C@H]1CCN(c2cnn(C)c(=O)c2)C1. The van der Waals surface area contributed by atoms with Gasteiger partial charge in [0.15, 0.2) is 0 Å². The standard InChI is InChI=1S/C18H21FN4O2/c1-12-3-4-14(19)7-16(12)18(25)20-9-13-5-6-23(11-13)15-8-17(24)22(2)21-10-15/h3-4,7-8,10,13H,5-6,9,11H2,1-2H3,(H,20,25)/t13-/m1/s1. The van der Waals surface area contributed by atoms with Crippen molar-refractivity contribution in [2.75, 3.05) is 24.5 Å². The molecule has 2 aromatic rings. The van der Waals surface area contributed by atoms with Crippen LogP contribution in [-0.2, 0) is 7.05 Å². The lowest BCUT2D eigenvalue weighted by atomic mass is 10.1. The molecule has 1 aromatic carbocycles. The Labute approximate surface area is 145 Å². The van der Waals surface area contributed by atoms with Gasteiger partial charge in [0.25, 0.3) is 11.5 Å². The summed E-state index contributed by atoms with van der Waals surface area (Å²) in [6.07, 6.45) is 2.59. The van der Waals surface area contributed by atoms with Gasteiger partial charge in [-0.15, -0.1) is 0 Å². The van der Waals surface area contributed by atoms with Crippen molar-refractivity contribution in [2.24, 2.45) is 13.0 Å². The summed E-state index contributed by atoms with van der Waals surface area (Å²) in [7, 11) is 1.61. The number of nitrogens with one attached hydrogen (secondary N) is 1. The van der Waals surface area contributed by atoms with Crippen LogP contribution in [0.15, 0.2) is 35.3 Å². The summed E-state index contributed by atoms with van der Waals surface area (Å²) in [6, 6.07) is 5.78. The number of rotatable bonds is 4. The molecule has 1 N–H and O–H groups in total. The fourth-order valence-electron chi connectivity index (χ4n) is 3.04. The second kappa shape index (κ2) is 7.04. The van der Waals surface area contributed by atoms with E-state index in [1.54, 1.807) is 32.3 Å². The number of amides is 1. The van der Waals surface area contributed by atoms with Crippen LogP contribution in [-0.4, -0.2) is 35.3 Å². The fourth-order valence-corrected chi connectivity index (χ4v) is 3.04. The first-order valence-electron chi connectivity index (χ1n) is 8.26. The van der Waals surface area contributed by atoms with Crippen molar-refractivity contribution in [3.8, 4) is 0 Å². The third kappa shape index (κ3) is 3.87. The van der Waals surface area contributed by atoms with Crippen LogP contribution >= 0.6 is 0 Å². The molecule has 1 atom stereocenters. The van der Waals surface area contributed by atoms with E-state index in [1.807, 2.05) is 0 Å². The van der Waals surface area contributed by atoms with Crippen LogP contribution in [0.25, 0.3) is 0 Å². The molecule has 1 aliphatic rings. The number of benzene rings is 1. The molecule has 3 rings (SSSR count). The third-order valence-electron chi connectivity index (χ3n) is 4.60. The Morgan fingerprint density at radius 3 is 2.96 bits per heavy atom. The summed E-state index contributed by atoms with van der Waals surface area (Å²) in [6.45, 7) is 3.86. The zero-order chi connectivity index (χ0) is 18.0. The maximum Gasteiger partial charge on any atom is 0.268 e. The summed E-state index contributed by atoms with van der Waals surface area (Å²) >= 11 is 0. The number of halogens is 1. The normalized spacial score (nSPS) is 16.9. The van der Waals surface area contributed by atoms with Crippen LogP contribution in [0.2, 0.25) is 0 Å². The molecule has 1 aliphatic heterocycles. The first-order valence-corrected chi connectivity index (χ1v) is 8.26. The lowest BCUT2D eigenvalue weighted by molar-refractivity contribution is 0.0947. The second-order valence-electron chi connectivity index (χ2n) is 6.45. The van der Waals surface area contributed by atoms with Crippen molar-refractivity contribution in [3.63, 3.8) is 0 Å². The van der Waals surface area contributed by atoms with Gasteiger partial charge in [-0.2, -0.15) is 5.10 Å². The first-order chi connectivity index (χ1) is 11.9. The molecular weight excluding hydrogens is 323 g/mol. The van der Waals surface area contributed by atoms with E-state index in [0.29, 0.717) is 12.1 Å². The number of carbonyl (C=O) groups is 1. The van der Waals surface area contributed by atoms with Gasteiger partial charge in [0.1, 0.15) is 5.82 Å². The van der Waals surface area contributed by atoms with Crippen molar-refractivity contribution in [3.05, 3.63) is 57.8 Å². The smallest absolute Gasteiger partial charge is 0.268 e. The highest BCUT2D eigenvalue weighted by Crippen LogP contribution is 2.21. The molecule has 0 spiro atoms. The Kier molecular flexibility index (Phi) is 4.83. The number of anilines is 1. The van der Waals surface area contributed by atoms with E-state index in [1.165, 1.54) is 16.8 Å². The number of nitrogens with zero attached hydrogens (tertiary/aromatic N) is 3. The van der Waals surface area contributed by atoms with E-state index in [4.69, 9.17) is 0 Å². The van der Waals surface area contributed by atoms with Crippen LogP contribution in [0.1, 0.15) is 22.3 Å². The van der Waals surface area contributed by atoms with Crippen molar-refractivity contribution in [1.82, 2.24) is 15.1 Å². The molecule has 25 heavy (non-hydrogen) atoms. The molecule has 1 amide bonds. The van der Waals surface area contributed by atoms with Gasteiger partial charge >= 0.3 is 0 Å². The van der Waals surface area contributed by atoms with E-state index in [-0.39, 0.29) is 17.4 Å². The van der Waals surface area contributed by atoms with Gasteiger partial charge in [0.2, 0.25) is 0 Å². The number of aryl methyl sites for hydroxylation is 2. The molecule has 1 saturated heterocycles. The average Bonchev–Trinajstić information content (AvgIpc) is 3.06. The van der Waals surface area contributed by atoms with Crippen molar-refractivity contribution < 1.29 is 9.18 Å². The monoisotopic (exact) mass is 344 g/mol. The molecule has 0 saturated carbocycles. The van der Waals surface area contributed by atoms with Gasteiger partial charge in [-0.1, -0.05) is 6.07 Å². The van der Waals surface area contributed by atoms with Crippen LogP contribution in [0, 0.1) is 18.7 Å². The highest BCUT2D eigenvalue weighted by atomic mass is 19.1. The minimum absolute atomic E-state index is 0.143. The zero-order valence-corrected chi connectivity index (χ0v) is 14.3. The molecular formula is C18H21FN4O2. The summed E-state index contributed by atoms with van der Waals surface area (Å²) < 4.78 is 14.6. The Balaban J connectivity index is 1.58. The first kappa shape index (κ1) is 17.1. The summed E-state index contributed by atoms with van der Waals surface area (Å²) in [5.74, 6) is -0.395. The predicted molar refractivity (Wildman–Crippen MR) is 93.3 cm³/mol. The van der Waals surface area contributed by atoms with E-state index < -0.39 is 5.82 Å². The van der Waals surface area contributed by atoms with Crippen molar-refractivity contribution >= 4 is 11.6 Å². The van der Waals surface area contributed by atoms with Crippen LogP contribution in [0.4, 0.5) is 10.1 Å². The highest BCUT2D eigenvalue weighted by Gasteiger charge is 2.24. The van der Waals surface area contributed by atoms with Gasteiger partial charge in [0.05, 0.1) is 11.9 Å². The molecule has 2 heterocycles. The summed E-state index contributed by atoms with van der Waals surface area (Å²) in [5, 5.41) is 6.93. The Morgan fingerprint density at radius 1 is 1.40 bits per heavy atom. The third-order valence-corrected chi connectivity index (χ3v) is 4.60. The largest absolute Gasteiger partial charge is 0.370 e.